The van der Waals surface area contributed by atoms with Gasteiger partial charge in [-0.15, -0.1) is 0 Å². The number of benzene rings is 1. The van der Waals surface area contributed by atoms with Crippen LogP contribution in [0.2, 0.25) is 0 Å². The minimum Gasteiger partial charge on any atom is -0.305 e. The van der Waals surface area contributed by atoms with Crippen LogP contribution in [0.15, 0.2) is 60.8 Å². The highest BCUT2D eigenvalue weighted by atomic mass is 15.3. The maximum Gasteiger partial charge on any atom is 0.0767 e. The molecule has 0 aliphatic rings. The highest BCUT2D eigenvalue weighted by Crippen LogP contribution is 2.07. The molecular formula is C17H18N4. The van der Waals surface area contributed by atoms with Gasteiger partial charge >= 0.3 is 0 Å². The summed E-state index contributed by atoms with van der Waals surface area (Å²) in [4.78, 5) is 4.47. The molecule has 106 valence electrons. The highest BCUT2D eigenvalue weighted by molar-refractivity contribution is 5.30. The van der Waals surface area contributed by atoms with Gasteiger partial charge in [-0.3, -0.25) is 4.98 Å². The van der Waals surface area contributed by atoms with Crippen LogP contribution in [-0.4, -0.2) is 14.8 Å². The van der Waals surface area contributed by atoms with Crippen LogP contribution < -0.4 is 5.32 Å². The number of aromatic nitrogens is 3. The van der Waals surface area contributed by atoms with E-state index in [1.807, 2.05) is 72.4 Å². The lowest BCUT2D eigenvalue weighted by Gasteiger charge is -2.03. The van der Waals surface area contributed by atoms with Gasteiger partial charge in [0, 0.05) is 25.0 Å². The minimum absolute atomic E-state index is 0.732. The molecule has 0 aliphatic carbocycles. The second-order valence-corrected chi connectivity index (χ2v) is 4.96. The fourth-order valence-corrected chi connectivity index (χ4v) is 2.20. The van der Waals surface area contributed by atoms with Crippen molar-refractivity contribution in [2.45, 2.75) is 20.0 Å². The monoisotopic (exact) mass is 278 g/mol. The lowest BCUT2D eigenvalue weighted by Crippen LogP contribution is -2.14. The molecule has 0 fully saturated rings. The lowest BCUT2D eigenvalue weighted by molar-refractivity contribution is 0.657. The summed E-state index contributed by atoms with van der Waals surface area (Å²) < 4.78 is 1.89. The Balaban J connectivity index is 1.58. The standard InChI is InChI=1S/C17H18N4/c1-14-6-5-7-15(19-14)12-18-13-16-10-11-21(20-16)17-8-3-2-4-9-17/h2-11,18H,12-13H2,1H3. The van der Waals surface area contributed by atoms with Gasteiger partial charge in [-0.2, -0.15) is 5.10 Å². The minimum atomic E-state index is 0.732. The zero-order valence-electron chi connectivity index (χ0n) is 12.0. The van der Waals surface area contributed by atoms with Gasteiger partial charge in [-0.25, -0.2) is 4.68 Å². The average molecular weight is 278 g/mol. The van der Waals surface area contributed by atoms with Crippen molar-refractivity contribution < 1.29 is 0 Å². The molecule has 21 heavy (non-hydrogen) atoms. The molecule has 0 bridgehead atoms. The van der Waals surface area contributed by atoms with Crippen LogP contribution in [0.3, 0.4) is 0 Å². The van der Waals surface area contributed by atoms with E-state index in [0.29, 0.717) is 0 Å². The quantitative estimate of drug-likeness (QED) is 0.780. The molecule has 0 radical (unpaired) electrons. The van der Waals surface area contributed by atoms with Crippen LogP contribution in [0.25, 0.3) is 5.69 Å². The topological polar surface area (TPSA) is 42.7 Å². The van der Waals surface area contributed by atoms with E-state index in [1.54, 1.807) is 0 Å². The Morgan fingerprint density at radius 3 is 2.52 bits per heavy atom. The van der Waals surface area contributed by atoms with Crippen molar-refractivity contribution in [2.75, 3.05) is 0 Å². The van der Waals surface area contributed by atoms with E-state index in [9.17, 15) is 0 Å². The Labute approximate surface area is 124 Å². The van der Waals surface area contributed by atoms with Crippen LogP contribution in [0.4, 0.5) is 0 Å². The smallest absolute Gasteiger partial charge is 0.0767 e. The summed E-state index contributed by atoms with van der Waals surface area (Å²) in [5, 5.41) is 7.93. The van der Waals surface area contributed by atoms with Crippen molar-refractivity contribution in [1.82, 2.24) is 20.1 Å². The first-order valence-electron chi connectivity index (χ1n) is 7.04. The van der Waals surface area contributed by atoms with Gasteiger partial charge in [0.2, 0.25) is 0 Å². The number of nitrogens with zero attached hydrogens (tertiary/aromatic N) is 3. The number of nitrogens with one attached hydrogen (secondary N) is 1. The molecule has 3 aromatic rings. The van der Waals surface area contributed by atoms with Crippen molar-refractivity contribution in [2.24, 2.45) is 0 Å². The van der Waals surface area contributed by atoms with Crippen molar-refractivity contribution in [3.63, 3.8) is 0 Å². The molecule has 0 saturated heterocycles. The maximum atomic E-state index is 4.56. The molecule has 2 heterocycles. The SMILES string of the molecule is Cc1cccc(CNCc2ccn(-c3ccccc3)n2)n1. The van der Waals surface area contributed by atoms with E-state index in [1.165, 1.54) is 0 Å². The van der Waals surface area contributed by atoms with Crippen molar-refractivity contribution in [1.29, 1.82) is 0 Å². The fourth-order valence-electron chi connectivity index (χ4n) is 2.20. The van der Waals surface area contributed by atoms with Gasteiger partial charge < -0.3 is 5.32 Å². The molecule has 0 spiro atoms. The lowest BCUT2D eigenvalue weighted by atomic mass is 10.3. The van der Waals surface area contributed by atoms with Crippen LogP contribution in [0, 0.1) is 6.92 Å². The third-order valence-corrected chi connectivity index (χ3v) is 3.22. The summed E-state index contributed by atoms with van der Waals surface area (Å²) in [6, 6.07) is 18.2. The van der Waals surface area contributed by atoms with Crippen molar-refractivity contribution >= 4 is 0 Å². The number of rotatable bonds is 5. The van der Waals surface area contributed by atoms with Crippen LogP contribution in [-0.2, 0) is 13.1 Å². The number of para-hydroxylation sites is 1. The summed E-state index contributed by atoms with van der Waals surface area (Å²) in [6.07, 6.45) is 1.98. The van der Waals surface area contributed by atoms with Crippen LogP contribution in [0.1, 0.15) is 17.1 Å². The summed E-state index contributed by atoms with van der Waals surface area (Å²) >= 11 is 0. The van der Waals surface area contributed by atoms with Gasteiger partial charge in [-0.05, 0) is 37.3 Å². The summed E-state index contributed by atoms with van der Waals surface area (Å²) in [5.41, 5.74) is 4.19. The highest BCUT2D eigenvalue weighted by Gasteiger charge is 2.01. The number of aryl methyl sites for hydroxylation is 1. The number of pyridine rings is 1. The number of hydrogen-bond acceptors (Lipinski definition) is 3. The van der Waals surface area contributed by atoms with E-state index in [-0.39, 0.29) is 0 Å². The van der Waals surface area contributed by atoms with Gasteiger partial charge in [0.25, 0.3) is 0 Å². The molecule has 0 unspecified atom stereocenters. The Bertz CT molecular complexity index is 704. The third-order valence-electron chi connectivity index (χ3n) is 3.22. The van der Waals surface area contributed by atoms with Gasteiger partial charge in [0.1, 0.15) is 0 Å². The summed E-state index contributed by atoms with van der Waals surface area (Å²) in [6.45, 7) is 3.49. The second kappa shape index (κ2) is 6.33. The first-order valence-corrected chi connectivity index (χ1v) is 7.04. The maximum absolute atomic E-state index is 4.56. The molecule has 0 atom stereocenters. The largest absolute Gasteiger partial charge is 0.305 e. The molecule has 1 N–H and O–H groups in total. The van der Waals surface area contributed by atoms with Crippen molar-refractivity contribution in [3.05, 3.63) is 77.9 Å². The molecule has 0 saturated carbocycles. The molecule has 3 rings (SSSR count). The third kappa shape index (κ3) is 3.55. The summed E-state index contributed by atoms with van der Waals surface area (Å²) in [7, 11) is 0. The van der Waals surface area contributed by atoms with E-state index in [0.717, 1.165) is 35.9 Å². The Hall–Kier alpha value is -2.46. The summed E-state index contributed by atoms with van der Waals surface area (Å²) in [5.74, 6) is 0. The molecule has 4 nitrogen and oxygen atoms in total. The zero-order valence-corrected chi connectivity index (χ0v) is 12.0. The number of hydrogen-bond donors (Lipinski definition) is 1. The Kier molecular flexibility index (Phi) is 4.07. The molecule has 0 aliphatic heterocycles. The van der Waals surface area contributed by atoms with Gasteiger partial charge in [-0.1, -0.05) is 24.3 Å². The molecule has 2 aromatic heterocycles. The van der Waals surface area contributed by atoms with Gasteiger partial charge in [0.05, 0.1) is 17.1 Å². The molecule has 1 aromatic carbocycles. The Morgan fingerprint density at radius 2 is 1.71 bits per heavy atom. The van der Waals surface area contributed by atoms with E-state index in [4.69, 9.17) is 0 Å². The van der Waals surface area contributed by atoms with Crippen molar-refractivity contribution in [3.8, 4) is 5.69 Å². The van der Waals surface area contributed by atoms with Crippen LogP contribution in [0.5, 0.6) is 0 Å². The van der Waals surface area contributed by atoms with Gasteiger partial charge in [0.15, 0.2) is 0 Å². The predicted octanol–water partition coefficient (Wildman–Crippen LogP) is 2.87. The Morgan fingerprint density at radius 1 is 0.905 bits per heavy atom. The molecular weight excluding hydrogens is 260 g/mol. The predicted molar refractivity (Wildman–Crippen MR) is 83.1 cm³/mol. The van der Waals surface area contributed by atoms with Crippen LogP contribution >= 0.6 is 0 Å². The first-order chi connectivity index (χ1) is 10.3. The van der Waals surface area contributed by atoms with E-state index < -0.39 is 0 Å². The van der Waals surface area contributed by atoms with E-state index in [2.05, 4.69) is 15.4 Å². The average Bonchev–Trinajstić information content (AvgIpc) is 2.97. The first kappa shape index (κ1) is 13.5. The molecule has 4 heteroatoms. The fraction of sp³-hybridized carbons (Fsp3) is 0.176. The normalized spacial score (nSPS) is 10.7. The van der Waals surface area contributed by atoms with E-state index >= 15 is 0 Å². The molecule has 0 amide bonds. The second-order valence-electron chi connectivity index (χ2n) is 4.96. The zero-order chi connectivity index (χ0) is 14.5.